The van der Waals surface area contributed by atoms with Gasteiger partial charge < -0.3 is 11.1 Å². The topological polar surface area (TPSA) is 58.4 Å². The summed E-state index contributed by atoms with van der Waals surface area (Å²) < 4.78 is 0. The summed E-state index contributed by atoms with van der Waals surface area (Å²) in [6.45, 7) is 4.03. The molecule has 0 aromatic heterocycles. The van der Waals surface area contributed by atoms with Crippen molar-refractivity contribution in [2.45, 2.75) is 19.4 Å². The van der Waals surface area contributed by atoms with Gasteiger partial charge in [-0.05, 0) is 24.5 Å². The standard InChI is InChI=1S/C14H18Cl3N3O/c1-8-2-9(18)6-20(5-8)7-14(21)19-13-4-11(16)10(15)3-12(13)17/h3-4,8-9H,2,5-7,18H2,1H3,(H,19,21). The molecular formula is C14H18Cl3N3O. The van der Waals surface area contributed by atoms with Crippen LogP contribution in [0.5, 0.6) is 0 Å². The van der Waals surface area contributed by atoms with Gasteiger partial charge in [-0.3, -0.25) is 9.69 Å². The number of likely N-dealkylation sites (tertiary alicyclic amines) is 1. The smallest absolute Gasteiger partial charge is 0.238 e. The molecule has 1 heterocycles. The number of nitrogens with two attached hydrogens (primary N) is 1. The molecule has 4 nitrogen and oxygen atoms in total. The molecular weight excluding hydrogens is 333 g/mol. The number of nitrogens with zero attached hydrogens (tertiary/aromatic N) is 1. The van der Waals surface area contributed by atoms with Gasteiger partial charge in [0, 0.05) is 19.1 Å². The average Bonchev–Trinajstić information content (AvgIpc) is 2.34. The Morgan fingerprint density at radius 2 is 1.95 bits per heavy atom. The van der Waals surface area contributed by atoms with Gasteiger partial charge in [-0.2, -0.15) is 0 Å². The number of hydrogen-bond acceptors (Lipinski definition) is 3. The molecule has 1 aromatic rings. The van der Waals surface area contributed by atoms with Gasteiger partial charge in [-0.1, -0.05) is 41.7 Å². The summed E-state index contributed by atoms with van der Waals surface area (Å²) in [4.78, 5) is 14.2. The highest BCUT2D eigenvalue weighted by Gasteiger charge is 2.23. The van der Waals surface area contributed by atoms with E-state index in [0.717, 1.165) is 19.5 Å². The quantitative estimate of drug-likeness (QED) is 0.823. The maximum atomic E-state index is 12.1. The Bertz CT molecular complexity index is 528. The van der Waals surface area contributed by atoms with Crippen LogP contribution in [0.25, 0.3) is 0 Å². The largest absolute Gasteiger partial charge is 0.327 e. The van der Waals surface area contributed by atoms with E-state index in [1.807, 2.05) is 0 Å². The van der Waals surface area contributed by atoms with Gasteiger partial charge in [0.15, 0.2) is 0 Å². The second-order valence-electron chi connectivity index (χ2n) is 5.59. The molecule has 0 bridgehead atoms. The fraction of sp³-hybridized carbons (Fsp3) is 0.500. The lowest BCUT2D eigenvalue weighted by atomic mass is 9.97. The lowest BCUT2D eigenvalue weighted by Crippen LogP contribution is -2.48. The maximum absolute atomic E-state index is 12.1. The van der Waals surface area contributed by atoms with E-state index in [1.165, 1.54) is 6.07 Å². The van der Waals surface area contributed by atoms with Gasteiger partial charge in [0.1, 0.15) is 0 Å². The second kappa shape index (κ2) is 7.16. The first kappa shape index (κ1) is 16.8. The van der Waals surface area contributed by atoms with E-state index in [2.05, 4.69) is 17.1 Å². The number of carbonyl (C=O) groups excluding carboxylic acids is 1. The molecule has 1 aliphatic rings. The summed E-state index contributed by atoms with van der Waals surface area (Å²) in [7, 11) is 0. The van der Waals surface area contributed by atoms with Crippen LogP contribution in [0.3, 0.4) is 0 Å². The molecule has 0 aliphatic carbocycles. The SMILES string of the molecule is CC1CC(N)CN(CC(=O)Nc2cc(Cl)c(Cl)cc2Cl)C1. The molecule has 1 aliphatic heterocycles. The molecule has 1 amide bonds. The summed E-state index contributed by atoms with van der Waals surface area (Å²) in [6.07, 6.45) is 0.997. The Hall–Kier alpha value is -0.520. The molecule has 1 fully saturated rings. The first-order chi connectivity index (χ1) is 9.85. The number of benzene rings is 1. The number of nitrogens with one attached hydrogen (secondary N) is 1. The van der Waals surface area contributed by atoms with Crippen LogP contribution < -0.4 is 11.1 Å². The van der Waals surface area contributed by atoms with Crippen molar-refractivity contribution in [1.82, 2.24) is 4.90 Å². The number of rotatable bonds is 3. The zero-order chi connectivity index (χ0) is 15.6. The van der Waals surface area contributed by atoms with Gasteiger partial charge in [0.05, 0.1) is 27.3 Å². The minimum Gasteiger partial charge on any atom is -0.327 e. The monoisotopic (exact) mass is 349 g/mol. The Balaban J connectivity index is 1.97. The summed E-state index contributed by atoms with van der Waals surface area (Å²) in [5.74, 6) is 0.353. The third kappa shape index (κ3) is 4.73. The Morgan fingerprint density at radius 3 is 2.62 bits per heavy atom. The fourth-order valence-electron chi connectivity index (χ4n) is 2.65. The Kier molecular flexibility index (Phi) is 5.74. The molecule has 0 radical (unpaired) electrons. The van der Waals surface area contributed by atoms with Crippen molar-refractivity contribution >= 4 is 46.4 Å². The van der Waals surface area contributed by atoms with E-state index in [0.29, 0.717) is 26.7 Å². The minimum absolute atomic E-state index is 0.120. The van der Waals surface area contributed by atoms with Crippen molar-refractivity contribution in [3.63, 3.8) is 0 Å². The highest BCUT2D eigenvalue weighted by Crippen LogP contribution is 2.32. The van der Waals surface area contributed by atoms with E-state index in [9.17, 15) is 4.79 Å². The van der Waals surface area contributed by atoms with Crippen LogP contribution in [-0.4, -0.2) is 36.5 Å². The van der Waals surface area contributed by atoms with Crippen molar-refractivity contribution in [3.8, 4) is 0 Å². The third-order valence-electron chi connectivity index (χ3n) is 3.42. The Labute approximate surface area is 139 Å². The van der Waals surface area contributed by atoms with Crippen LogP contribution in [0.2, 0.25) is 15.1 Å². The van der Waals surface area contributed by atoms with Crippen LogP contribution in [-0.2, 0) is 4.79 Å². The summed E-state index contributed by atoms with van der Waals surface area (Å²) >= 11 is 17.8. The van der Waals surface area contributed by atoms with Crippen molar-refractivity contribution < 1.29 is 4.79 Å². The van der Waals surface area contributed by atoms with Gasteiger partial charge in [0.25, 0.3) is 0 Å². The van der Waals surface area contributed by atoms with Crippen molar-refractivity contribution in [2.24, 2.45) is 11.7 Å². The number of hydrogen-bond donors (Lipinski definition) is 2. The van der Waals surface area contributed by atoms with E-state index < -0.39 is 0 Å². The predicted octanol–water partition coefficient (Wildman–Crippen LogP) is 3.25. The van der Waals surface area contributed by atoms with E-state index >= 15 is 0 Å². The van der Waals surface area contributed by atoms with Crippen molar-refractivity contribution in [2.75, 3.05) is 25.0 Å². The lowest BCUT2D eigenvalue weighted by molar-refractivity contribution is -0.117. The maximum Gasteiger partial charge on any atom is 0.238 e. The Morgan fingerprint density at radius 1 is 1.29 bits per heavy atom. The van der Waals surface area contributed by atoms with Crippen LogP contribution in [0.4, 0.5) is 5.69 Å². The lowest BCUT2D eigenvalue weighted by Gasteiger charge is -2.34. The summed E-state index contributed by atoms with van der Waals surface area (Å²) in [5, 5.41) is 3.83. The van der Waals surface area contributed by atoms with Crippen molar-refractivity contribution in [3.05, 3.63) is 27.2 Å². The molecule has 1 aromatic carbocycles. The number of anilines is 1. The first-order valence-corrected chi connectivity index (χ1v) is 7.91. The molecule has 2 rings (SSSR count). The summed E-state index contributed by atoms with van der Waals surface area (Å²) in [6, 6.07) is 3.18. The van der Waals surface area contributed by atoms with Gasteiger partial charge in [-0.25, -0.2) is 0 Å². The van der Waals surface area contributed by atoms with Gasteiger partial charge in [-0.15, -0.1) is 0 Å². The molecule has 2 unspecified atom stereocenters. The minimum atomic E-state index is -0.142. The third-order valence-corrected chi connectivity index (χ3v) is 4.45. The number of amides is 1. The molecule has 0 saturated carbocycles. The highest BCUT2D eigenvalue weighted by atomic mass is 35.5. The molecule has 2 atom stereocenters. The number of carbonyl (C=O) groups is 1. The van der Waals surface area contributed by atoms with Crippen LogP contribution >= 0.6 is 34.8 Å². The first-order valence-electron chi connectivity index (χ1n) is 6.77. The normalized spacial score (nSPS) is 23.1. The number of piperidine rings is 1. The zero-order valence-electron chi connectivity index (χ0n) is 11.7. The average molecular weight is 351 g/mol. The predicted molar refractivity (Wildman–Crippen MR) is 88.3 cm³/mol. The molecule has 21 heavy (non-hydrogen) atoms. The fourth-order valence-corrected chi connectivity index (χ4v) is 3.25. The van der Waals surface area contributed by atoms with Crippen molar-refractivity contribution in [1.29, 1.82) is 0 Å². The van der Waals surface area contributed by atoms with Crippen LogP contribution in [0.15, 0.2) is 12.1 Å². The van der Waals surface area contributed by atoms with E-state index in [1.54, 1.807) is 6.07 Å². The number of halogens is 3. The second-order valence-corrected chi connectivity index (χ2v) is 6.81. The molecule has 116 valence electrons. The van der Waals surface area contributed by atoms with Crippen LogP contribution in [0, 0.1) is 5.92 Å². The van der Waals surface area contributed by atoms with E-state index in [4.69, 9.17) is 40.5 Å². The zero-order valence-corrected chi connectivity index (χ0v) is 14.0. The molecule has 7 heteroatoms. The van der Waals surface area contributed by atoms with E-state index in [-0.39, 0.29) is 18.5 Å². The van der Waals surface area contributed by atoms with Gasteiger partial charge in [0.2, 0.25) is 5.91 Å². The molecule has 3 N–H and O–H groups in total. The molecule has 1 saturated heterocycles. The molecule has 0 spiro atoms. The highest BCUT2D eigenvalue weighted by molar-refractivity contribution is 6.44. The van der Waals surface area contributed by atoms with Crippen LogP contribution in [0.1, 0.15) is 13.3 Å². The van der Waals surface area contributed by atoms with Gasteiger partial charge >= 0.3 is 0 Å². The summed E-state index contributed by atoms with van der Waals surface area (Å²) in [5.41, 5.74) is 6.44.